The minimum absolute atomic E-state index is 0.370. The molecule has 1 aliphatic rings. The molecule has 3 nitrogen and oxygen atoms in total. The van der Waals surface area contributed by atoms with Crippen LogP contribution in [0.4, 0.5) is 5.69 Å². The number of hydrogen-bond acceptors (Lipinski definition) is 3. The van der Waals surface area contributed by atoms with Crippen LogP contribution >= 0.6 is 0 Å². The van der Waals surface area contributed by atoms with Crippen LogP contribution in [0, 0.1) is 13.8 Å². The predicted octanol–water partition coefficient (Wildman–Crippen LogP) is 2.33. The van der Waals surface area contributed by atoms with Gasteiger partial charge in [-0.25, -0.2) is 0 Å². The largest absolute Gasteiger partial charge is 0.507 e. The molecule has 0 aliphatic carbocycles. The van der Waals surface area contributed by atoms with Crippen molar-refractivity contribution < 1.29 is 9.32 Å². The van der Waals surface area contributed by atoms with Crippen LogP contribution in [-0.2, 0) is 10.8 Å². The normalized spacial score (nSPS) is 24.6. The molecule has 1 fully saturated rings. The molecule has 1 aromatic rings. The van der Waals surface area contributed by atoms with Gasteiger partial charge < -0.3 is 10.4 Å². The van der Waals surface area contributed by atoms with Crippen molar-refractivity contribution in [3.63, 3.8) is 0 Å². The molecule has 1 heterocycles. The second-order valence-electron chi connectivity index (χ2n) is 4.67. The molecule has 0 aromatic heterocycles. The van der Waals surface area contributed by atoms with Gasteiger partial charge in [0.05, 0.1) is 0 Å². The number of nitrogens with one attached hydrogen (secondary N) is 1. The smallest absolute Gasteiger partial charge is 0.123 e. The average Bonchev–Trinajstić information content (AvgIpc) is 2.33. The van der Waals surface area contributed by atoms with E-state index in [1.54, 1.807) is 0 Å². The summed E-state index contributed by atoms with van der Waals surface area (Å²) in [6.45, 7) is 3.82. The lowest BCUT2D eigenvalue weighted by Crippen LogP contribution is -2.29. The van der Waals surface area contributed by atoms with Crippen LogP contribution < -0.4 is 5.32 Å². The van der Waals surface area contributed by atoms with Gasteiger partial charge in [-0.15, -0.1) is 0 Å². The molecular weight excluding hydrogens is 234 g/mol. The second-order valence-corrected chi connectivity index (χ2v) is 6.37. The zero-order valence-electron chi connectivity index (χ0n) is 10.3. The van der Waals surface area contributed by atoms with Crippen LogP contribution in [0.5, 0.6) is 5.75 Å². The number of benzene rings is 1. The third-order valence-electron chi connectivity index (χ3n) is 3.38. The lowest BCUT2D eigenvalue weighted by Gasteiger charge is -2.25. The van der Waals surface area contributed by atoms with E-state index in [0.29, 0.717) is 11.8 Å². The van der Waals surface area contributed by atoms with Gasteiger partial charge in [0.2, 0.25) is 0 Å². The van der Waals surface area contributed by atoms with Crippen LogP contribution in [-0.4, -0.2) is 26.9 Å². The van der Waals surface area contributed by atoms with Gasteiger partial charge in [-0.05, 0) is 38.3 Å². The highest BCUT2D eigenvalue weighted by molar-refractivity contribution is 7.85. The number of aromatic hydroxyl groups is 1. The standard InChI is InChI=1S/C13H19NO2S/c1-9-3-4-12(10(2)13(9)15)14-11-5-7-17(16)8-6-11/h3-4,11,14-15H,5-8H2,1-2H3. The van der Waals surface area contributed by atoms with Gasteiger partial charge in [0.15, 0.2) is 0 Å². The Balaban J connectivity index is 2.09. The minimum Gasteiger partial charge on any atom is -0.507 e. The SMILES string of the molecule is Cc1ccc(NC2CCS(=O)CC2)c(C)c1O. The molecule has 0 atom stereocenters. The molecule has 2 rings (SSSR count). The summed E-state index contributed by atoms with van der Waals surface area (Å²) in [6.07, 6.45) is 1.89. The summed E-state index contributed by atoms with van der Waals surface area (Å²) in [5.41, 5.74) is 2.79. The molecule has 1 saturated heterocycles. The zero-order chi connectivity index (χ0) is 12.4. The fourth-order valence-electron chi connectivity index (χ4n) is 2.15. The number of aryl methyl sites for hydroxylation is 1. The van der Waals surface area contributed by atoms with Crippen LogP contribution in [0.3, 0.4) is 0 Å². The highest BCUT2D eigenvalue weighted by atomic mass is 32.2. The first kappa shape index (κ1) is 12.4. The Morgan fingerprint density at radius 3 is 2.59 bits per heavy atom. The van der Waals surface area contributed by atoms with E-state index in [2.05, 4.69) is 5.32 Å². The third kappa shape index (κ3) is 2.80. The summed E-state index contributed by atoms with van der Waals surface area (Å²) >= 11 is 0. The molecule has 0 spiro atoms. The van der Waals surface area contributed by atoms with Crippen LogP contribution in [0.25, 0.3) is 0 Å². The van der Waals surface area contributed by atoms with E-state index in [9.17, 15) is 9.32 Å². The molecule has 94 valence electrons. The number of anilines is 1. The first-order valence-electron chi connectivity index (χ1n) is 5.98. The van der Waals surface area contributed by atoms with E-state index in [-0.39, 0.29) is 0 Å². The van der Waals surface area contributed by atoms with E-state index < -0.39 is 10.8 Å². The van der Waals surface area contributed by atoms with Crippen molar-refractivity contribution in [1.82, 2.24) is 0 Å². The molecule has 2 N–H and O–H groups in total. The summed E-state index contributed by atoms with van der Waals surface area (Å²) in [6, 6.07) is 4.32. The highest BCUT2D eigenvalue weighted by Gasteiger charge is 2.18. The van der Waals surface area contributed by atoms with Crippen LogP contribution in [0.15, 0.2) is 12.1 Å². The fourth-order valence-corrected chi connectivity index (χ4v) is 3.45. The number of rotatable bonds is 2. The Labute approximate surface area is 105 Å². The summed E-state index contributed by atoms with van der Waals surface area (Å²) in [5, 5.41) is 13.3. The molecule has 0 saturated carbocycles. The monoisotopic (exact) mass is 253 g/mol. The Morgan fingerprint density at radius 2 is 1.94 bits per heavy atom. The van der Waals surface area contributed by atoms with Gasteiger partial charge in [-0.3, -0.25) is 4.21 Å². The molecule has 4 heteroatoms. The maximum Gasteiger partial charge on any atom is 0.123 e. The summed E-state index contributed by atoms with van der Waals surface area (Å²) in [4.78, 5) is 0. The van der Waals surface area contributed by atoms with Gasteiger partial charge in [0.25, 0.3) is 0 Å². The van der Waals surface area contributed by atoms with Crippen molar-refractivity contribution in [3.05, 3.63) is 23.3 Å². The molecular formula is C13H19NO2S. The van der Waals surface area contributed by atoms with Crippen LogP contribution in [0.1, 0.15) is 24.0 Å². The van der Waals surface area contributed by atoms with Gasteiger partial charge in [0, 0.05) is 39.6 Å². The minimum atomic E-state index is -0.622. The van der Waals surface area contributed by atoms with Crippen molar-refractivity contribution in [1.29, 1.82) is 0 Å². The van der Waals surface area contributed by atoms with Crippen molar-refractivity contribution >= 4 is 16.5 Å². The van der Waals surface area contributed by atoms with E-state index >= 15 is 0 Å². The first-order chi connectivity index (χ1) is 8.08. The maximum atomic E-state index is 11.3. The average molecular weight is 253 g/mol. The van der Waals surface area contributed by atoms with Gasteiger partial charge in [0.1, 0.15) is 5.75 Å². The van der Waals surface area contributed by atoms with Crippen LogP contribution in [0.2, 0.25) is 0 Å². The summed E-state index contributed by atoms with van der Waals surface area (Å²) in [5.74, 6) is 1.94. The van der Waals surface area contributed by atoms with Gasteiger partial charge >= 0.3 is 0 Å². The summed E-state index contributed by atoms with van der Waals surface area (Å²) in [7, 11) is -0.622. The summed E-state index contributed by atoms with van der Waals surface area (Å²) < 4.78 is 11.3. The van der Waals surface area contributed by atoms with Gasteiger partial charge in [-0.1, -0.05) is 6.07 Å². The fraction of sp³-hybridized carbons (Fsp3) is 0.538. The predicted molar refractivity (Wildman–Crippen MR) is 72.1 cm³/mol. The topological polar surface area (TPSA) is 49.3 Å². The Kier molecular flexibility index (Phi) is 3.72. The van der Waals surface area contributed by atoms with Crippen molar-refractivity contribution in [2.45, 2.75) is 32.7 Å². The third-order valence-corrected chi connectivity index (χ3v) is 4.76. The second kappa shape index (κ2) is 5.08. The maximum absolute atomic E-state index is 11.3. The number of phenolic OH excluding ortho intramolecular Hbond substituents is 1. The molecule has 1 aliphatic heterocycles. The lowest BCUT2D eigenvalue weighted by atomic mass is 10.1. The molecule has 0 radical (unpaired) electrons. The van der Waals surface area contributed by atoms with E-state index in [1.807, 2.05) is 26.0 Å². The van der Waals surface area contributed by atoms with E-state index in [4.69, 9.17) is 0 Å². The van der Waals surface area contributed by atoms with E-state index in [1.165, 1.54) is 0 Å². The van der Waals surface area contributed by atoms with Crippen molar-refractivity contribution in [2.75, 3.05) is 16.8 Å². The van der Waals surface area contributed by atoms with Gasteiger partial charge in [-0.2, -0.15) is 0 Å². The first-order valence-corrected chi connectivity index (χ1v) is 7.47. The Hall–Kier alpha value is -1.03. The molecule has 0 amide bonds. The Bertz CT molecular complexity index is 435. The lowest BCUT2D eigenvalue weighted by molar-refractivity contribution is 0.467. The van der Waals surface area contributed by atoms with E-state index in [0.717, 1.165) is 41.2 Å². The molecule has 0 unspecified atom stereocenters. The molecule has 17 heavy (non-hydrogen) atoms. The van der Waals surface area contributed by atoms with Crippen molar-refractivity contribution in [2.24, 2.45) is 0 Å². The molecule has 0 bridgehead atoms. The quantitative estimate of drug-likeness (QED) is 0.850. The van der Waals surface area contributed by atoms with Crippen molar-refractivity contribution in [3.8, 4) is 5.75 Å². The number of hydrogen-bond donors (Lipinski definition) is 2. The molecule has 1 aromatic carbocycles. The number of phenols is 1. The highest BCUT2D eigenvalue weighted by Crippen LogP contribution is 2.29. The Morgan fingerprint density at radius 1 is 1.29 bits per heavy atom. The zero-order valence-corrected chi connectivity index (χ0v) is 11.1.